The van der Waals surface area contributed by atoms with Crippen LogP contribution in [0.25, 0.3) is 71.6 Å². The van der Waals surface area contributed by atoms with Crippen molar-refractivity contribution in [2.75, 3.05) is 4.90 Å². The molecule has 0 saturated carbocycles. The highest BCUT2D eigenvalue weighted by Crippen LogP contribution is 2.63. The molecule has 0 unspecified atom stereocenters. The van der Waals surface area contributed by atoms with Gasteiger partial charge in [-0.1, -0.05) is 170 Å². The molecule has 2 nitrogen and oxygen atoms in total. The van der Waals surface area contributed by atoms with Crippen LogP contribution in [-0.2, 0) is 5.41 Å². The van der Waals surface area contributed by atoms with Gasteiger partial charge < -0.3 is 9.47 Å². The van der Waals surface area contributed by atoms with E-state index in [4.69, 9.17) is 0 Å². The summed E-state index contributed by atoms with van der Waals surface area (Å²) in [5.41, 5.74) is 19.7. The van der Waals surface area contributed by atoms with E-state index in [1.165, 1.54) is 88.2 Å². The zero-order chi connectivity index (χ0) is 40.1. The first kappa shape index (κ1) is 34.0. The number of hydrogen-bond acceptors (Lipinski definition) is 1. The van der Waals surface area contributed by atoms with Gasteiger partial charge in [0, 0.05) is 33.5 Å². The minimum absolute atomic E-state index is 0.338. The van der Waals surface area contributed by atoms with Gasteiger partial charge in [-0.05, 0) is 127 Å². The summed E-state index contributed by atoms with van der Waals surface area (Å²) in [6.07, 6.45) is 0. The van der Waals surface area contributed by atoms with Crippen molar-refractivity contribution in [3.63, 3.8) is 0 Å². The SMILES string of the molecule is c1ccc(-n2c3ccccc3c3ccc(N(c4ccc(-c5ccc6c(c5)-c5ccccc5C65c6ccccc6-c6ccccc65)cc4)c4ccc5ccccc5c4)cc32)cc1. The first-order chi connectivity index (χ1) is 30.3. The Bertz CT molecular complexity index is 3490. The highest BCUT2D eigenvalue weighted by Gasteiger charge is 2.51. The van der Waals surface area contributed by atoms with Crippen LogP contribution in [0.3, 0.4) is 0 Å². The topological polar surface area (TPSA) is 8.17 Å². The molecule has 1 aromatic heterocycles. The van der Waals surface area contributed by atoms with Crippen LogP contribution in [0.15, 0.2) is 231 Å². The first-order valence-corrected chi connectivity index (χ1v) is 21.2. The Labute approximate surface area is 354 Å². The van der Waals surface area contributed by atoms with Crippen LogP contribution in [-0.4, -0.2) is 4.57 Å². The van der Waals surface area contributed by atoms with E-state index in [1.54, 1.807) is 0 Å². The molecule has 10 aromatic carbocycles. The molecule has 1 spiro atoms. The Balaban J connectivity index is 0.958. The third kappa shape index (κ3) is 4.85. The van der Waals surface area contributed by atoms with Crippen LogP contribution in [0.5, 0.6) is 0 Å². The Kier molecular flexibility index (Phi) is 7.26. The van der Waals surface area contributed by atoms with E-state index >= 15 is 0 Å². The van der Waals surface area contributed by atoms with Gasteiger partial charge in [-0.25, -0.2) is 0 Å². The predicted molar refractivity (Wildman–Crippen MR) is 255 cm³/mol. The van der Waals surface area contributed by atoms with Crippen molar-refractivity contribution in [3.05, 3.63) is 253 Å². The van der Waals surface area contributed by atoms with E-state index in [2.05, 4.69) is 240 Å². The Morgan fingerprint density at radius 2 is 0.836 bits per heavy atom. The maximum atomic E-state index is 2.43. The van der Waals surface area contributed by atoms with Crippen LogP contribution in [0.2, 0.25) is 0 Å². The van der Waals surface area contributed by atoms with Crippen molar-refractivity contribution in [1.29, 1.82) is 0 Å². The molecule has 0 atom stereocenters. The molecule has 2 aliphatic rings. The molecule has 13 rings (SSSR count). The Morgan fingerprint density at radius 1 is 0.311 bits per heavy atom. The number of nitrogens with zero attached hydrogens (tertiary/aromatic N) is 2. The summed E-state index contributed by atoms with van der Waals surface area (Å²) in [5, 5.41) is 4.93. The van der Waals surface area contributed by atoms with Crippen molar-refractivity contribution >= 4 is 49.6 Å². The molecule has 1 heterocycles. The minimum Gasteiger partial charge on any atom is -0.310 e. The van der Waals surface area contributed by atoms with E-state index in [9.17, 15) is 0 Å². The maximum Gasteiger partial charge on any atom is 0.0725 e. The number of para-hydroxylation sites is 2. The summed E-state index contributed by atoms with van der Waals surface area (Å²) in [4.78, 5) is 2.40. The molecule has 2 heteroatoms. The van der Waals surface area contributed by atoms with E-state index in [0.717, 1.165) is 22.7 Å². The third-order valence-electron chi connectivity index (χ3n) is 13.4. The van der Waals surface area contributed by atoms with Gasteiger partial charge >= 0.3 is 0 Å². The molecule has 0 fully saturated rings. The van der Waals surface area contributed by atoms with Gasteiger partial charge in [0.05, 0.1) is 16.4 Å². The summed E-state index contributed by atoms with van der Waals surface area (Å²) < 4.78 is 2.40. The smallest absolute Gasteiger partial charge is 0.0725 e. The van der Waals surface area contributed by atoms with Gasteiger partial charge in [0.15, 0.2) is 0 Å². The van der Waals surface area contributed by atoms with Gasteiger partial charge in [0.1, 0.15) is 0 Å². The summed E-state index contributed by atoms with van der Waals surface area (Å²) in [7, 11) is 0. The van der Waals surface area contributed by atoms with E-state index in [1.807, 2.05) is 0 Å². The number of anilines is 3. The number of aromatic nitrogens is 1. The number of hydrogen-bond donors (Lipinski definition) is 0. The van der Waals surface area contributed by atoms with Crippen LogP contribution < -0.4 is 4.90 Å². The molecule has 11 aromatic rings. The summed E-state index contributed by atoms with van der Waals surface area (Å²) >= 11 is 0. The number of rotatable bonds is 5. The highest BCUT2D eigenvalue weighted by molar-refractivity contribution is 6.10. The molecule has 0 amide bonds. The molecular formula is C59H38N2. The second kappa shape index (κ2) is 13.0. The molecule has 0 saturated heterocycles. The maximum absolute atomic E-state index is 2.43. The normalized spacial score (nSPS) is 13.0. The molecule has 2 aliphatic carbocycles. The predicted octanol–water partition coefficient (Wildman–Crippen LogP) is 15.4. The summed E-state index contributed by atoms with van der Waals surface area (Å²) in [5.74, 6) is 0. The molecule has 61 heavy (non-hydrogen) atoms. The monoisotopic (exact) mass is 774 g/mol. The van der Waals surface area contributed by atoms with Crippen molar-refractivity contribution in [3.8, 4) is 39.1 Å². The molecule has 0 aliphatic heterocycles. The minimum atomic E-state index is -0.338. The number of benzene rings is 10. The lowest BCUT2D eigenvalue weighted by molar-refractivity contribution is 0.794. The van der Waals surface area contributed by atoms with Crippen LogP contribution >= 0.6 is 0 Å². The molecule has 0 radical (unpaired) electrons. The molecule has 0 bridgehead atoms. The van der Waals surface area contributed by atoms with Gasteiger partial charge in [-0.15, -0.1) is 0 Å². The molecule has 0 N–H and O–H groups in total. The molecule has 284 valence electrons. The lowest BCUT2D eigenvalue weighted by Crippen LogP contribution is -2.25. The zero-order valence-electron chi connectivity index (χ0n) is 33.3. The zero-order valence-corrected chi connectivity index (χ0v) is 33.3. The van der Waals surface area contributed by atoms with Crippen molar-refractivity contribution < 1.29 is 0 Å². The lowest BCUT2D eigenvalue weighted by atomic mass is 9.70. The average molecular weight is 775 g/mol. The Morgan fingerprint density at radius 3 is 1.57 bits per heavy atom. The van der Waals surface area contributed by atoms with Crippen molar-refractivity contribution in [2.24, 2.45) is 0 Å². The van der Waals surface area contributed by atoms with Gasteiger partial charge in [-0.3, -0.25) is 0 Å². The van der Waals surface area contributed by atoms with Gasteiger partial charge in [-0.2, -0.15) is 0 Å². The first-order valence-electron chi connectivity index (χ1n) is 21.2. The summed E-state index contributed by atoms with van der Waals surface area (Å²) in [6.45, 7) is 0. The fourth-order valence-corrected chi connectivity index (χ4v) is 10.8. The van der Waals surface area contributed by atoms with Crippen molar-refractivity contribution in [1.82, 2.24) is 4.57 Å². The van der Waals surface area contributed by atoms with E-state index in [-0.39, 0.29) is 5.41 Å². The fraction of sp³-hybridized carbons (Fsp3) is 0.0169. The summed E-state index contributed by atoms with van der Waals surface area (Å²) in [6, 6.07) is 85.2. The highest BCUT2D eigenvalue weighted by atomic mass is 15.1. The third-order valence-corrected chi connectivity index (χ3v) is 13.4. The second-order valence-corrected chi connectivity index (χ2v) is 16.5. The largest absolute Gasteiger partial charge is 0.310 e. The number of fused-ring (bicyclic) bond motifs is 14. The van der Waals surface area contributed by atoms with E-state index < -0.39 is 0 Å². The van der Waals surface area contributed by atoms with Crippen LogP contribution in [0.4, 0.5) is 17.1 Å². The average Bonchev–Trinajstić information content (AvgIpc) is 3.93. The fourth-order valence-electron chi connectivity index (χ4n) is 10.8. The van der Waals surface area contributed by atoms with Crippen LogP contribution in [0, 0.1) is 0 Å². The second-order valence-electron chi connectivity index (χ2n) is 16.5. The van der Waals surface area contributed by atoms with Crippen LogP contribution in [0.1, 0.15) is 22.3 Å². The lowest BCUT2D eigenvalue weighted by Gasteiger charge is -2.30. The molecular weight excluding hydrogens is 737 g/mol. The van der Waals surface area contributed by atoms with E-state index in [0.29, 0.717) is 0 Å². The van der Waals surface area contributed by atoms with Gasteiger partial charge in [0.2, 0.25) is 0 Å². The standard InChI is InChI=1S/C59H38N2/c1-2-16-43(17-3-1)61-57-25-13-9-21-50(57)51-34-33-46(38-58(51)61)60(45-32-28-39-14-4-5-15-41(39)36-45)44-30-26-40(27-31-44)42-29-35-56-52(37-42)49-20-8-12-24-55(49)59(56)53-22-10-6-18-47(53)48-19-7-11-23-54(48)59/h1-38H. The quantitative estimate of drug-likeness (QED) is 0.169. The Hall–Kier alpha value is -7.94. The van der Waals surface area contributed by atoms with Gasteiger partial charge in [0.25, 0.3) is 0 Å². The van der Waals surface area contributed by atoms with Crippen molar-refractivity contribution in [2.45, 2.75) is 5.41 Å².